The van der Waals surface area contributed by atoms with E-state index in [2.05, 4.69) is 10.3 Å². The van der Waals surface area contributed by atoms with E-state index in [1.54, 1.807) is 11.8 Å². The summed E-state index contributed by atoms with van der Waals surface area (Å²) in [6.07, 6.45) is 0.837. The molecule has 3 amide bonds. The SMILES string of the molecule is Cc1ccc(NC(=O)COc2ccc([C@H]3c4sc(=O)[nH]c4SC4C5CC(C6C(=O)N(c7ccc(C)cc7)C(=O)C56)C43)cc2)cc1. The Morgan fingerprint density at radius 3 is 2.22 bits per heavy atom. The van der Waals surface area contributed by atoms with Gasteiger partial charge in [0.25, 0.3) is 5.91 Å². The molecule has 1 saturated heterocycles. The Hall–Kier alpha value is -4.15. The number of aryl methyl sites for hydroxylation is 2. The van der Waals surface area contributed by atoms with E-state index in [9.17, 15) is 19.2 Å². The van der Waals surface area contributed by atoms with Crippen LogP contribution < -0.4 is 19.8 Å². The molecule has 3 fully saturated rings. The fourth-order valence-corrected chi connectivity index (χ4v) is 11.0. The summed E-state index contributed by atoms with van der Waals surface area (Å²) in [5, 5.41) is 3.84. The summed E-state index contributed by atoms with van der Waals surface area (Å²) >= 11 is 2.92. The maximum Gasteiger partial charge on any atom is 0.305 e. The van der Waals surface area contributed by atoms with Gasteiger partial charge in [-0.3, -0.25) is 24.1 Å². The standard InChI is InChI=1S/C35H31N3O5S2/c1-17-3-9-20(10-4-17)36-25(39)16-43-22-13-7-19(8-14-22)26-27-23-15-24(30(27)44-32-31(26)45-35(42)37-32)29-28(23)33(40)38(34(29)41)21-11-5-18(2)6-12-21/h3-14,23-24,26-30H,15-16H2,1-2H3,(H,36,39)(H,37,42)/t23?,24?,26-,27?,28?,29?,30?/m1/s1. The van der Waals surface area contributed by atoms with Crippen molar-refractivity contribution >= 4 is 52.2 Å². The highest BCUT2D eigenvalue weighted by Crippen LogP contribution is 2.68. The quantitative estimate of drug-likeness (QED) is 0.261. The Bertz CT molecular complexity index is 1880. The Morgan fingerprint density at radius 1 is 0.889 bits per heavy atom. The molecule has 3 aromatic carbocycles. The summed E-state index contributed by atoms with van der Waals surface area (Å²) in [7, 11) is 0. The highest BCUT2D eigenvalue weighted by Gasteiger charge is 2.69. The molecule has 2 bridgehead atoms. The fourth-order valence-electron chi connectivity index (χ4n) is 8.09. The molecule has 10 heteroatoms. The minimum atomic E-state index is -0.347. The number of rotatable bonds is 6. The second kappa shape index (κ2) is 10.7. The van der Waals surface area contributed by atoms with Crippen LogP contribution in [0.25, 0.3) is 0 Å². The molecule has 4 aromatic rings. The van der Waals surface area contributed by atoms with Crippen LogP contribution in [0, 0.1) is 43.4 Å². The fraction of sp³-hybridized carbons (Fsp3) is 0.314. The van der Waals surface area contributed by atoms with Gasteiger partial charge in [-0.05, 0) is 80.0 Å². The van der Waals surface area contributed by atoms with Crippen LogP contribution in [-0.2, 0) is 14.4 Å². The summed E-state index contributed by atoms with van der Waals surface area (Å²) < 4.78 is 5.80. The number of nitrogens with zero attached hydrogens (tertiary/aromatic N) is 1. The number of carbonyl (C=O) groups is 3. The maximum absolute atomic E-state index is 13.9. The average molecular weight is 638 g/mol. The van der Waals surface area contributed by atoms with E-state index in [-0.39, 0.29) is 70.0 Å². The Balaban J connectivity index is 1.05. The van der Waals surface area contributed by atoms with Crippen LogP contribution in [0.3, 0.4) is 0 Å². The molecular formula is C35H31N3O5S2. The van der Waals surface area contributed by atoms with Gasteiger partial charge in [-0.15, -0.1) is 11.8 Å². The number of ether oxygens (including phenoxy) is 1. The second-order valence-corrected chi connectivity index (χ2v) is 14.8. The number of hydrogen-bond acceptors (Lipinski definition) is 7. The van der Waals surface area contributed by atoms with E-state index in [1.807, 2.05) is 86.6 Å². The number of thiazole rings is 1. The van der Waals surface area contributed by atoms with Crippen molar-refractivity contribution in [3.63, 3.8) is 0 Å². The highest BCUT2D eigenvalue weighted by atomic mass is 32.2. The molecule has 2 N–H and O–H groups in total. The largest absolute Gasteiger partial charge is 0.484 e. The monoisotopic (exact) mass is 637 g/mol. The van der Waals surface area contributed by atoms with Gasteiger partial charge in [0.1, 0.15) is 5.75 Å². The molecule has 0 radical (unpaired) electrons. The van der Waals surface area contributed by atoms with E-state index < -0.39 is 0 Å². The molecule has 45 heavy (non-hydrogen) atoms. The summed E-state index contributed by atoms with van der Waals surface area (Å²) in [6.45, 7) is 3.85. The molecule has 3 heterocycles. The first kappa shape index (κ1) is 28.3. The van der Waals surface area contributed by atoms with Gasteiger partial charge in [0.2, 0.25) is 11.8 Å². The topological polar surface area (TPSA) is 109 Å². The molecule has 8 rings (SSSR count). The number of hydrogen-bond donors (Lipinski definition) is 2. The van der Waals surface area contributed by atoms with Crippen LogP contribution in [0.1, 0.15) is 33.9 Å². The molecule has 4 aliphatic rings. The lowest BCUT2D eigenvalue weighted by Gasteiger charge is -2.43. The predicted octanol–water partition coefficient (Wildman–Crippen LogP) is 5.75. The van der Waals surface area contributed by atoms with Crippen molar-refractivity contribution in [3.8, 4) is 5.75 Å². The summed E-state index contributed by atoms with van der Waals surface area (Å²) in [5.74, 6) is -0.394. The number of benzene rings is 3. The zero-order chi connectivity index (χ0) is 31.0. The lowest BCUT2D eigenvalue weighted by atomic mass is 9.68. The Kier molecular flexibility index (Phi) is 6.76. The molecule has 2 aliphatic heterocycles. The molecule has 228 valence electrons. The third-order valence-electron chi connectivity index (χ3n) is 9.96. The van der Waals surface area contributed by atoms with Crippen LogP contribution in [0.4, 0.5) is 11.4 Å². The number of anilines is 2. The van der Waals surface area contributed by atoms with E-state index in [1.165, 1.54) is 16.2 Å². The minimum absolute atomic E-state index is 0.0427. The molecule has 0 spiro atoms. The van der Waals surface area contributed by atoms with Crippen LogP contribution in [0.15, 0.2) is 82.6 Å². The molecule has 7 atom stereocenters. The van der Waals surface area contributed by atoms with Crippen LogP contribution in [0.2, 0.25) is 0 Å². The summed E-state index contributed by atoms with van der Waals surface area (Å²) in [4.78, 5) is 58.2. The van der Waals surface area contributed by atoms with E-state index >= 15 is 0 Å². The molecule has 2 saturated carbocycles. The molecule has 6 unspecified atom stereocenters. The molecule has 2 aliphatic carbocycles. The van der Waals surface area contributed by atoms with Crippen LogP contribution >= 0.6 is 23.1 Å². The third kappa shape index (κ3) is 4.65. The summed E-state index contributed by atoms with van der Waals surface area (Å²) in [5.41, 5.74) is 4.58. The van der Waals surface area contributed by atoms with Crippen molar-refractivity contribution in [1.82, 2.24) is 4.98 Å². The molecule has 1 aromatic heterocycles. The lowest BCUT2D eigenvalue weighted by Crippen LogP contribution is -2.42. The van der Waals surface area contributed by atoms with E-state index in [0.717, 1.165) is 33.0 Å². The first-order chi connectivity index (χ1) is 21.8. The number of H-pyrrole nitrogens is 1. The zero-order valence-electron chi connectivity index (χ0n) is 24.7. The normalized spacial score (nSPS) is 27.7. The first-order valence-corrected chi connectivity index (χ1v) is 16.9. The van der Waals surface area contributed by atoms with Gasteiger partial charge in [0, 0.05) is 21.7 Å². The van der Waals surface area contributed by atoms with Crippen LogP contribution in [-0.4, -0.2) is 34.6 Å². The van der Waals surface area contributed by atoms with Crippen molar-refractivity contribution < 1.29 is 19.1 Å². The van der Waals surface area contributed by atoms with Crippen molar-refractivity contribution in [3.05, 3.63) is 104 Å². The lowest BCUT2D eigenvalue weighted by molar-refractivity contribution is -0.123. The van der Waals surface area contributed by atoms with E-state index in [4.69, 9.17) is 4.74 Å². The van der Waals surface area contributed by atoms with Gasteiger partial charge in [0.05, 0.1) is 22.5 Å². The number of nitrogens with one attached hydrogen (secondary N) is 2. The first-order valence-electron chi connectivity index (χ1n) is 15.2. The van der Waals surface area contributed by atoms with Crippen molar-refractivity contribution in [2.24, 2.45) is 29.6 Å². The van der Waals surface area contributed by atoms with Gasteiger partial charge < -0.3 is 15.0 Å². The van der Waals surface area contributed by atoms with Gasteiger partial charge >= 0.3 is 4.87 Å². The molecular weight excluding hydrogens is 607 g/mol. The van der Waals surface area contributed by atoms with E-state index in [0.29, 0.717) is 17.1 Å². The van der Waals surface area contributed by atoms with Crippen molar-refractivity contribution in [2.75, 3.05) is 16.8 Å². The van der Waals surface area contributed by atoms with Crippen molar-refractivity contribution in [2.45, 2.75) is 36.5 Å². The van der Waals surface area contributed by atoms with Gasteiger partial charge in [-0.2, -0.15) is 0 Å². The number of aromatic amines is 1. The maximum atomic E-state index is 13.9. The minimum Gasteiger partial charge on any atom is -0.484 e. The Morgan fingerprint density at radius 2 is 1.53 bits per heavy atom. The zero-order valence-corrected chi connectivity index (χ0v) is 26.3. The number of amides is 3. The highest BCUT2D eigenvalue weighted by molar-refractivity contribution is 8.00. The van der Waals surface area contributed by atoms with Crippen molar-refractivity contribution in [1.29, 1.82) is 0 Å². The van der Waals surface area contributed by atoms with Gasteiger partial charge in [0.15, 0.2) is 6.61 Å². The Labute approximate surface area is 268 Å². The number of thioether (sulfide) groups is 1. The number of fused-ring (bicyclic) bond motifs is 9. The van der Waals surface area contributed by atoms with Gasteiger partial charge in [-0.25, -0.2) is 0 Å². The third-order valence-corrected chi connectivity index (χ3v) is 12.5. The second-order valence-electron chi connectivity index (χ2n) is 12.6. The van der Waals surface area contributed by atoms with Crippen LogP contribution in [0.5, 0.6) is 5.75 Å². The predicted molar refractivity (Wildman–Crippen MR) is 174 cm³/mol. The summed E-state index contributed by atoms with van der Waals surface area (Å²) in [6, 6.07) is 22.9. The van der Waals surface area contributed by atoms with Gasteiger partial charge in [-0.1, -0.05) is 58.9 Å². The number of aromatic nitrogens is 1. The smallest absolute Gasteiger partial charge is 0.305 e. The average Bonchev–Trinajstić information content (AvgIpc) is 3.77. The number of carbonyl (C=O) groups excluding carboxylic acids is 3. The molecule has 8 nitrogen and oxygen atoms in total. The number of imide groups is 1.